The number of ether oxygens (including phenoxy) is 1. The fourth-order valence-corrected chi connectivity index (χ4v) is 3.84. The summed E-state index contributed by atoms with van der Waals surface area (Å²) >= 11 is 1.16. The lowest BCUT2D eigenvalue weighted by Crippen LogP contribution is -2.34. The summed E-state index contributed by atoms with van der Waals surface area (Å²) in [5, 5.41) is 14.5. The average molecular weight is 477 g/mol. The third kappa shape index (κ3) is 6.29. The fourth-order valence-electron chi connectivity index (χ4n) is 3.19. The van der Waals surface area contributed by atoms with E-state index < -0.39 is 5.91 Å². The van der Waals surface area contributed by atoms with Gasteiger partial charge in [0.05, 0.1) is 6.26 Å². The number of rotatable bonds is 9. The summed E-state index contributed by atoms with van der Waals surface area (Å²) in [5.74, 6) is 0.888. The Morgan fingerprint density at radius 3 is 2.65 bits per heavy atom. The standard InChI is InChI=1S/C25H24N4O4S/c1-16-8-10-20(11-9-16)33-15-22-28-29-25(34-22)24(31)27-19-6-3-5-18(14-19)23(30)26-17(2)13-21-7-4-12-32-21/h3-12,14,17H,13,15H2,1-2H3,(H,26,30)(H,27,31). The van der Waals surface area contributed by atoms with Gasteiger partial charge in [-0.1, -0.05) is 35.1 Å². The molecule has 34 heavy (non-hydrogen) atoms. The molecule has 4 aromatic rings. The Kier molecular flexibility index (Phi) is 7.34. The predicted octanol–water partition coefficient (Wildman–Crippen LogP) is 4.63. The van der Waals surface area contributed by atoms with Crippen molar-refractivity contribution < 1.29 is 18.7 Å². The lowest BCUT2D eigenvalue weighted by Gasteiger charge is -2.13. The lowest BCUT2D eigenvalue weighted by atomic mass is 10.1. The first-order valence-corrected chi connectivity index (χ1v) is 11.5. The Morgan fingerprint density at radius 2 is 1.88 bits per heavy atom. The highest BCUT2D eigenvalue weighted by Crippen LogP contribution is 2.18. The largest absolute Gasteiger partial charge is 0.486 e. The summed E-state index contributed by atoms with van der Waals surface area (Å²) in [5.41, 5.74) is 2.07. The molecule has 4 rings (SSSR count). The molecule has 174 valence electrons. The van der Waals surface area contributed by atoms with E-state index in [1.807, 2.05) is 50.2 Å². The van der Waals surface area contributed by atoms with Crippen LogP contribution in [0.3, 0.4) is 0 Å². The van der Waals surface area contributed by atoms with Gasteiger partial charge in [0.2, 0.25) is 5.01 Å². The maximum absolute atomic E-state index is 12.6. The van der Waals surface area contributed by atoms with Crippen molar-refractivity contribution in [3.8, 4) is 5.75 Å². The molecule has 0 aliphatic heterocycles. The molecule has 0 radical (unpaired) electrons. The molecule has 0 aliphatic rings. The average Bonchev–Trinajstić information content (AvgIpc) is 3.51. The van der Waals surface area contributed by atoms with Crippen LogP contribution in [0.25, 0.3) is 0 Å². The highest BCUT2D eigenvalue weighted by Gasteiger charge is 2.16. The van der Waals surface area contributed by atoms with Gasteiger partial charge in [0.25, 0.3) is 11.8 Å². The monoisotopic (exact) mass is 476 g/mol. The summed E-state index contributed by atoms with van der Waals surface area (Å²) in [6, 6.07) is 18.0. The molecule has 2 heterocycles. The third-order valence-corrected chi connectivity index (χ3v) is 5.79. The molecule has 2 amide bonds. The van der Waals surface area contributed by atoms with Crippen molar-refractivity contribution in [1.29, 1.82) is 0 Å². The van der Waals surface area contributed by atoms with Crippen LogP contribution in [-0.4, -0.2) is 28.1 Å². The van der Waals surface area contributed by atoms with Gasteiger partial charge in [0.1, 0.15) is 18.1 Å². The molecule has 1 atom stereocenters. The molecule has 0 aliphatic carbocycles. The quantitative estimate of drug-likeness (QED) is 0.365. The smallest absolute Gasteiger partial charge is 0.286 e. The lowest BCUT2D eigenvalue weighted by molar-refractivity contribution is 0.0938. The number of amides is 2. The molecule has 2 N–H and O–H groups in total. The minimum absolute atomic E-state index is 0.112. The topological polar surface area (TPSA) is 106 Å². The van der Waals surface area contributed by atoms with Crippen molar-refractivity contribution in [3.05, 3.63) is 93.8 Å². The Morgan fingerprint density at radius 1 is 1.06 bits per heavy atom. The summed E-state index contributed by atoms with van der Waals surface area (Å²) in [7, 11) is 0. The van der Waals surface area contributed by atoms with E-state index in [0.717, 1.165) is 28.4 Å². The van der Waals surface area contributed by atoms with Gasteiger partial charge in [-0.15, -0.1) is 10.2 Å². The molecular weight excluding hydrogens is 452 g/mol. The summed E-state index contributed by atoms with van der Waals surface area (Å²) < 4.78 is 11.0. The molecule has 0 bridgehead atoms. The molecule has 2 aromatic carbocycles. The Labute approximate surface area is 201 Å². The van der Waals surface area contributed by atoms with Crippen LogP contribution in [0.2, 0.25) is 0 Å². The van der Waals surface area contributed by atoms with Crippen molar-refractivity contribution >= 4 is 28.8 Å². The van der Waals surface area contributed by atoms with Crippen LogP contribution in [0.1, 0.15) is 43.4 Å². The number of hydrogen-bond acceptors (Lipinski definition) is 7. The van der Waals surface area contributed by atoms with Crippen molar-refractivity contribution in [2.45, 2.75) is 32.9 Å². The maximum atomic E-state index is 12.6. The number of furan rings is 1. The molecule has 8 nitrogen and oxygen atoms in total. The minimum Gasteiger partial charge on any atom is -0.486 e. The minimum atomic E-state index is -0.400. The van der Waals surface area contributed by atoms with Crippen LogP contribution in [0.5, 0.6) is 5.75 Å². The first-order chi connectivity index (χ1) is 16.5. The van der Waals surface area contributed by atoms with Crippen molar-refractivity contribution in [2.75, 3.05) is 5.32 Å². The number of anilines is 1. The summed E-state index contributed by atoms with van der Waals surface area (Å²) in [6.45, 7) is 4.13. The van der Waals surface area contributed by atoms with Gasteiger partial charge >= 0.3 is 0 Å². The molecule has 0 fully saturated rings. The zero-order valence-electron chi connectivity index (χ0n) is 18.8. The van der Waals surface area contributed by atoms with E-state index in [0.29, 0.717) is 22.7 Å². The first-order valence-electron chi connectivity index (χ1n) is 10.7. The van der Waals surface area contributed by atoms with Gasteiger partial charge in [-0.25, -0.2) is 0 Å². The van der Waals surface area contributed by atoms with E-state index in [9.17, 15) is 9.59 Å². The summed E-state index contributed by atoms with van der Waals surface area (Å²) in [4.78, 5) is 25.2. The van der Waals surface area contributed by atoms with E-state index >= 15 is 0 Å². The fraction of sp³-hybridized carbons (Fsp3) is 0.200. The van der Waals surface area contributed by atoms with Gasteiger partial charge in [-0.2, -0.15) is 0 Å². The van der Waals surface area contributed by atoms with Crippen LogP contribution in [0.4, 0.5) is 5.69 Å². The van der Waals surface area contributed by atoms with Crippen LogP contribution in [-0.2, 0) is 13.0 Å². The van der Waals surface area contributed by atoms with Crippen LogP contribution >= 0.6 is 11.3 Å². The third-order valence-electron chi connectivity index (χ3n) is 4.89. The second kappa shape index (κ2) is 10.8. The Hall–Kier alpha value is -3.98. The molecule has 2 aromatic heterocycles. The number of carbonyl (C=O) groups excluding carboxylic acids is 2. The van der Waals surface area contributed by atoms with Crippen LogP contribution in [0.15, 0.2) is 71.3 Å². The number of benzene rings is 2. The van der Waals surface area contributed by atoms with Gasteiger partial charge < -0.3 is 19.8 Å². The number of aryl methyl sites for hydroxylation is 1. The van der Waals surface area contributed by atoms with E-state index in [1.54, 1.807) is 30.5 Å². The SMILES string of the molecule is Cc1ccc(OCc2nnc(C(=O)Nc3cccc(C(=O)NC(C)Cc4ccco4)c3)s2)cc1. The second-order valence-electron chi connectivity index (χ2n) is 7.80. The Balaban J connectivity index is 1.32. The van der Waals surface area contributed by atoms with Gasteiger partial charge in [-0.3, -0.25) is 9.59 Å². The highest BCUT2D eigenvalue weighted by atomic mass is 32.1. The molecule has 0 saturated heterocycles. The first kappa shape index (κ1) is 23.2. The normalized spacial score (nSPS) is 11.6. The van der Waals surface area contributed by atoms with E-state index in [1.165, 1.54) is 0 Å². The van der Waals surface area contributed by atoms with Crippen molar-refractivity contribution in [1.82, 2.24) is 15.5 Å². The predicted molar refractivity (Wildman–Crippen MR) is 129 cm³/mol. The van der Waals surface area contributed by atoms with Crippen LogP contribution < -0.4 is 15.4 Å². The van der Waals surface area contributed by atoms with E-state index in [-0.39, 0.29) is 23.6 Å². The molecular formula is C25H24N4O4S. The maximum Gasteiger partial charge on any atom is 0.286 e. The summed E-state index contributed by atoms with van der Waals surface area (Å²) in [6.07, 6.45) is 2.19. The van der Waals surface area contributed by atoms with Gasteiger partial charge in [0, 0.05) is 23.7 Å². The zero-order valence-corrected chi connectivity index (χ0v) is 19.6. The zero-order chi connectivity index (χ0) is 23.9. The number of hydrogen-bond donors (Lipinski definition) is 2. The molecule has 0 spiro atoms. The highest BCUT2D eigenvalue weighted by molar-refractivity contribution is 7.13. The molecule has 9 heteroatoms. The van der Waals surface area contributed by atoms with Gasteiger partial charge in [0.15, 0.2) is 5.01 Å². The van der Waals surface area contributed by atoms with Gasteiger partial charge in [-0.05, 0) is 56.3 Å². The second-order valence-corrected chi connectivity index (χ2v) is 8.86. The van der Waals surface area contributed by atoms with E-state index in [4.69, 9.17) is 9.15 Å². The molecule has 0 saturated carbocycles. The molecule has 1 unspecified atom stereocenters. The number of nitrogens with zero attached hydrogens (tertiary/aromatic N) is 2. The van der Waals surface area contributed by atoms with E-state index in [2.05, 4.69) is 20.8 Å². The van der Waals surface area contributed by atoms with Crippen molar-refractivity contribution in [3.63, 3.8) is 0 Å². The number of nitrogens with one attached hydrogen (secondary N) is 2. The number of aromatic nitrogens is 2. The Bertz CT molecular complexity index is 1250. The van der Waals surface area contributed by atoms with Crippen LogP contribution in [0, 0.1) is 6.92 Å². The van der Waals surface area contributed by atoms with Crippen molar-refractivity contribution in [2.24, 2.45) is 0 Å². The number of carbonyl (C=O) groups is 2.